The van der Waals surface area contributed by atoms with E-state index in [0.717, 1.165) is 24.1 Å². The van der Waals surface area contributed by atoms with E-state index in [-0.39, 0.29) is 24.6 Å². The lowest BCUT2D eigenvalue weighted by atomic mass is 10.1. The molecule has 164 valence electrons. The van der Waals surface area contributed by atoms with Gasteiger partial charge in [0.05, 0.1) is 13.7 Å². The van der Waals surface area contributed by atoms with Gasteiger partial charge in [-0.25, -0.2) is 14.8 Å². The Morgan fingerprint density at radius 3 is 2.58 bits per heavy atom. The second kappa shape index (κ2) is 9.20. The van der Waals surface area contributed by atoms with E-state index in [1.807, 2.05) is 31.2 Å². The molecule has 3 heterocycles. The van der Waals surface area contributed by atoms with Crippen LogP contribution in [-0.2, 0) is 4.79 Å². The van der Waals surface area contributed by atoms with E-state index in [2.05, 4.69) is 9.97 Å². The summed E-state index contributed by atoms with van der Waals surface area (Å²) in [5.74, 6) is 0.580. The molecule has 0 spiro atoms. The molecule has 2 aliphatic heterocycles. The molecule has 2 aliphatic rings. The van der Waals surface area contributed by atoms with E-state index in [1.54, 1.807) is 20.9 Å². The Morgan fingerprint density at radius 2 is 1.84 bits per heavy atom. The van der Waals surface area contributed by atoms with Gasteiger partial charge in [0.15, 0.2) is 0 Å². The zero-order valence-corrected chi connectivity index (χ0v) is 17.9. The van der Waals surface area contributed by atoms with Crippen LogP contribution in [0.5, 0.6) is 11.8 Å². The fraction of sp³-hybridized carbons (Fsp3) is 0.455. The number of nitrogens with zero attached hydrogens (tertiary/aromatic N) is 5. The normalized spacial score (nSPS) is 19.0. The summed E-state index contributed by atoms with van der Waals surface area (Å²) >= 11 is 0. The van der Waals surface area contributed by atoms with Crippen molar-refractivity contribution in [1.82, 2.24) is 19.8 Å². The number of hydrogen-bond acceptors (Lipinski definition) is 6. The van der Waals surface area contributed by atoms with Crippen LogP contribution in [0.4, 0.5) is 10.5 Å². The predicted molar refractivity (Wildman–Crippen MR) is 114 cm³/mol. The minimum atomic E-state index is -0.193. The summed E-state index contributed by atoms with van der Waals surface area (Å²) in [6, 6.07) is 7.70. The van der Waals surface area contributed by atoms with Crippen molar-refractivity contribution in [2.45, 2.75) is 25.9 Å². The standard InChI is InChI=1S/C22H27N5O4/c1-16-5-7-17(8-6-16)27-13-12-26(22(27)29)15-19(28)25-11-3-4-18(14-25)31-21-20(30-2)23-9-10-24-21/h5-10,18H,3-4,11-15H2,1-2H3. The number of aromatic nitrogens is 2. The molecule has 2 saturated heterocycles. The first-order valence-electron chi connectivity index (χ1n) is 10.5. The van der Waals surface area contributed by atoms with Crippen molar-refractivity contribution in [2.24, 2.45) is 0 Å². The van der Waals surface area contributed by atoms with Gasteiger partial charge in [-0.2, -0.15) is 0 Å². The Labute approximate surface area is 181 Å². The van der Waals surface area contributed by atoms with Gasteiger partial charge in [-0.1, -0.05) is 17.7 Å². The van der Waals surface area contributed by atoms with E-state index in [1.165, 1.54) is 13.3 Å². The smallest absolute Gasteiger partial charge is 0.325 e. The molecule has 9 nitrogen and oxygen atoms in total. The van der Waals surface area contributed by atoms with Crippen molar-refractivity contribution in [3.05, 3.63) is 42.2 Å². The summed E-state index contributed by atoms with van der Waals surface area (Å²) < 4.78 is 11.1. The molecule has 2 aromatic rings. The summed E-state index contributed by atoms with van der Waals surface area (Å²) in [4.78, 5) is 39.1. The quantitative estimate of drug-likeness (QED) is 0.704. The van der Waals surface area contributed by atoms with E-state index >= 15 is 0 Å². The lowest BCUT2D eigenvalue weighted by molar-refractivity contribution is -0.134. The molecule has 31 heavy (non-hydrogen) atoms. The van der Waals surface area contributed by atoms with E-state index in [0.29, 0.717) is 37.9 Å². The molecule has 0 saturated carbocycles. The highest BCUT2D eigenvalue weighted by atomic mass is 16.5. The van der Waals surface area contributed by atoms with Crippen LogP contribution >= 0.6 is 0 Å². The highest BCUT2D eigenvalue weighted by Crippen LogP contribution is 2.24. The largest absolute Gasteiger partial charge is 0.477 e. The summed E-state index contributed by atoms with van der Waals surface area (Å²) in [6.07, 6.45) is 4.52. The van der Waals surface area contributed by atoms with Crippen LogP contribution in [0.15, 0.2) is 36.7 Å². The SMILES string of the molecule is COc1nccnc1OC1CCCN(C(=O)CN2CCN(c3ccc(C)cc3)C2=O)C1. The fourth-order valence-electron chi connectivity index (χ4n) is 3.91. The zero-order chi connectivity index (χ0) is 21.8. The number of methoxy groups -OCH3 is 1. The van der Waals surface area contributed by atoms with Crippen molar-refractivity contribution in [3.63, 3.8) is 0 Å². The summed E-state index contributed by atoms with van der Waals surface area (Å²) in [6.45, 7) is 4.29. The second-order valence-corrected chi connectivity index (χ2v) is 7.78. The number of rotatable bonds is 6. The molecular formula is C22H27N5O4. The molecule has 1 aromatic carbocycles. The highest BCUT2D eigenvalue weighted by molar-refractivity contribution is 5.96. The molecule has 3 amide bonds. The first kappa shape index (κ1) is 20.9. The number of ether oxygens (including phenoxy) is 2. The van der Waals surface area contributed by atoms with Crippen molar-refractivity contribution in [2.75, 3.05) is 44.7 Å². The summed E-state index contributed by atoms with van der Waals surface area (Å²) in [7, 11) is 1.51. The third-order valence-corrected chi connectivity index (χ3v) is 5.60. The Morgan fingerprint density at radius 1 is 1.10 bits per heavy atom. The van der Waals surface area contributed by atoms with E-state index in [4.69, 9.17) is 9.47 Å². The maximum Gasteiger partial charge on any atom is 0.325 e. The van der Waals surface area contributed by atoms with Crippen LogP contribution in [0.3, 0.4) is 0 Å². The lowest BCUT2D eigenvalue weighted by Crippen LogP contribution is -2.48. The van der Waals surface area contributed by atoms with Crippen molar-refractivity contribution in [3.8, 4) is 11.8 Å². The number of piperidine rings is 1. The van der Waals surface area contributed by atoms with Gasteiger partial charge in [0.1, 0.15) is 12.6 Å². The minimum Gasteiger partial charge on any atom is -0.477 e. The number of urea groups is 1. The zero-order valence-electron chi connectivity index (χ0n) is 17.9. The topological polar surface area (TPSA) is 88.1 Å². The van der Waals surface area contributed by atoms with Crippen molar-refractivity contribution >= 4 is 17.6 Å². The van der Waals surface area contributed by atoms with Gasteiger partial charge in [-0.3, -0.25) is 9.69 Å². The van der Waals surface area contributed by atoms with Crippen LogP contribution in [0, 0.1) is 6.92 Å². The molecular weight excluding hydrogens is 398 g/mol. The summed E-state index contributed by atoms with van der Waals surface area (Å²) in [5.41, 5.74) is 2.00. The van der Waals surface area contributed by atoms with Gasteiger partial charge in [0, 0.05) is 37.7 Å². The molecule has 1 atom stereocenters. The maximum absolute atomic E-state index is 12.9. The molecule has 0 radical (unpaired) electrons. The molecule has 1 aromatic heterocycles. The molecule has 2 fully saturated rings. The van der Waals surface area contributed by atoms with Crippen molar-refractivity contribution in [1.29, 1.82) is 0 Å². The first-order valence-corrected chi connectivity index (χ1v) is 10.5. The third kappa shape index (κ3) is 4.70. The van der Waals surface area contributed by atoms with Gasteiger partial charge in [0.2, 0.25) is 5.91 Å². The highest BCUT2D eigenvalue weighted by Gasteiger charge is 2.33. The van der Waals surface area contributed by atoms with Gasteiger partial charge in [0.25, 0.3) is 11.8 Å². The molecule has 9 heteroatoms. The van der Waals surface area contributed by atoms with Gasteiger partial charge < -0.3 is 19.3 Å². The number of carbonyl (C=O) groups excluding carboxylic acids is 2. The Balaban J connectivity index is 1.34. The predicted octanol–water partition coefficient (Wildman–Crippen LogP) is 2.11. The number of carbonyl (C=O) groups is 2. The third-order valence-electron chi connectivity index (χ3n) is 5.60. The summed E-state index contributed by atoms with van der Waals surface area (Å²) in [5, 5.41) is 0. The average Bonchev–Trinajstić information content (AvgIpc) is 3.15. The molecule has 1 unspecified atom stereocenters. The van der Waals surface area contributed by atoms with Crippen LogP contribution in [0.2, 0.25) is 0 Å². The van der Waals surface area contributed by atoms with Gasteiger partial charge in [-0.05, 0) is 31.9 Å². The van der Waals surface area contributed by atoms with Gasteiger partial charge in [-0.15, -0.1) is 0 Å². The Bertz CT molecular complexity index is 936. The monoisotopic (exact) mass is 425 g/mol. The maximum atomic E-state index is 12.9. The van der Waals surface area contributed by atoms with Crippen LogP contribution < -0.4 is 14.4 Å². The number of hydrogen-bond donors (Lipinski definition) is 0. The number of anilines is 1. The average molecular weight is 425 g/mol. The minimum absolute atomic E-state index is 0.0708. The number of likely N-dealkylation sites (tertiary alicyclic amines) is 1. The molecule has 0 aliphatic carbocycles. The fourth-order valence-corrected chi connectivity index (χ4v) is 3.91. The Hall–Kier alpha value is -3.36. The lowest BCUT2D eigenvalue weighted by Gasteiger charge is -2.33. The van der Waals surface area contributed by atoms with Crippen LogP contribution in [0.25, 0.3) is 0 Å². The second-order valence-electron chi connectivity index (χ2n) is 7.78. The van der Waals surface area contributed by atoms with Crippen LogP contribution in [-0.4, -0.2) is 77.6 Å². The molecule has 0 bridgehead atoms. The number of amides is 3. The van der Waals surface area contributed by atoms with E-state index < -0.39 is 0 Å². The molecule has 0 N–H and O–H groups in total. The first-order chi connectivity index (χ1) is 15.0. The Kier molecular flexibility index (Phi) is 6.20. The van der Waals surface area contributed by atoms with Crippen molar-refractivity contribution < 1.29 is 19.1 Å². The number of benzene rings is 1. The molecule has 4 rings (SSSR count). The van der Waals surface area contributed by atoms with E-state index in [9.17, 15) is 9.59 Å². The van der Waals surface area contributed by atoms with Gasteiger partial charge >= 0.3 is 6.03 Å². The van der Waals surface area contributed by atoms with Crippen LogP contribution in [0.1, 0.15) is 18.4 Å². The number of aryl methyl sites for hydroxylation is 1.